The summed E-state index contributed by atoms with van der Waals surface area (Å²) in [5.41, 5.74) is 11.1. The predicted molar refractivity (Wildman–Crippen MR) is 54.1 cm³/mol. The number of nitrogens with one attached hydrogen (secondary N) is 1. The maximum atomic E-state index is 3.41. The standard InChI is InChI=1S/C12H9N/c1-3-7-11-9(5-1)10-6-2-4-8-12(10)13-11/h1,5-6,8,13H,3,7H2. The maximum absolute atomic E-state index is 3.41. The van der Waals surface area contributed by atoms with Gasteiger partial charge >= 0.3 is 0 Å². The number of rotatable bonds is 0. The molecular formula is C12H9N. The molecule has 1 aromatic rings. The number of aromatic amines is 1. The van der Waals surface area contributed by atoms with Crippen LogP contribution in [0.5, 0.6) is 0 Å². The van der Waals surface area contributed by atoms with Crippen molar-refractivity contribution in [1.29, 1.82) is 0 Å². The summed E-state index contributed by atoms with van der Waals surface area (Å²) in [6.45, 7) is 0. The summed E-state index contributed by atoms with van der Waals surface area (Å²) < 4.78 is 0. The monoisotopic (exact) mass is 167 g/mol. The zero-order valence-corrected chi connectivity index (χ0v) is 7.22. The number of hydrogen-bond donors (Lipinski definition) is 1. The lowest BCUT2D eigenvalue weighted by Crippen LogP contribution is -1.91. The highest BCUT2D eigenvalue weighted by molar-refractivity contribution is 5.77. The van der Waals surface area contributed by atoms with Gasteiger partial charge in [0.2, 0.25) is 0 Å². The van der Waals surface area contributed by atoms with E-state index in [0.717, 1.165) is 12.8 Å². The number of allylic oxidation sites excluding steroid dienone is 1. The van der Waals surface area contributed by atoms with Gasteiger partial charge in [0.25, 0.3) is 0 Å². The fourth-order valence-corrected chi connectivity index (χ4v) is 1.92. The summed E-state index contributed by atoms with van der Waals surface area (Å²) in [7, 11) is 0. The average molecular weight is 167 g/mol. The molecular weight excluding hydrogens is 158 g/mol. The first-order chi connectivity index (χ1) is 6.45. The van der Waals surface area contributed by atoms with E-state index < -0.39 is 0 Å². The Morgan fingerprint density at radius 3 is 3.08 bits per heavy atom. The molecule has 62 valence electrons. The Kier molecular flexibility index (Phi) is 1.26. The second-order valence-corrected chi connectivity index (χ2v) is 3.36. The minimum atomic E-state index is 1.13. The van der Waals surface area contributed by atoms with E-state index in [9.17, 15) is 0 Å². The highest BCUT2D eigenvalue weighted by Crippen LogP contribution is 2.28. The predicted octanol–water partition coefficient (Wildman–Crippen LogP) is 2.77. The number of aryl methyl sites for hydroxylation is 1. The maximum Gasteiger partial charge on any atom is 0.0553 e. The first kappa shape index (κ1) is 6.80. The summed E-state index contributed by atoms with van der Waals surface area (Å²) in [6, 6.07) is 0. The van der Waals surface area contributed by atoms with Crippen LogP contribution in [0, 0.1) is 0 Å². The van der Waals surface area contributed by atoms with E-state index in [1.54, 1.807) is 0 Å². The zero-order chi connectivity index (χ0) is 8.67. The Bertz CT molecular complexity index is 487. The van der Waals surface area contributed by atoms with Crippen molar-refractivity contribution in [3.63, 3.8) is 0 Å². The molecule has 1 N–H and O–H groups in total. The number of hydrogen-bond acceptors (Lipinski definition) is 0. The van der Waals surface area contributed by atoms with Gasteiger partial charge in [-0.2, -0.15) is 0 Å². The Labute approximate surface area is 76.8 Å². The summed E-state index contributed by atoms with van der Waals surface area (Å²) in [5, 5.41) is 0. The molecule has 0 fully saturated rings. The molecule has 3 rings (SSSR count). The lowest BCUT2D eigenvalue weighted by molar-refractivity contribution is 0.943. The molecule has 0 amide bonds. The Morgan fingerprint density at radius 2 is 2.08 bits per heavy atom. The second kappa shape index (κ2) is 2.40. The number of H-pyrrole nitrogens is 1. The first-order valence-corrected chi connectivity index (χ1v) is 4.54. The molecule has 1 heterocycles. The van der Waals surface area contributed by atoms with Gasteiger partial charge in [-0.15, -0.1) is 0 Å². The zero-order valence-electron chi connectivity index (χ0n) is 7.22. The molecule has 1 heteroatoms. The van der Waals surface area contributed by atoms with E-state index in [0.29, 0.717) is 0 Å². The van der Waals surface area contributed by atoms with Crippen molar-refractivity contribution in [2.24, 2.45) is 0 Å². The Morgan fingerprint density at radius 1 is 1.15 bits per heavy atom. The second-order valence-electron chi connectivity index (χ2n) is 3.36. The third-order valence-electron chi connectivity index (χ3n) is 2.55. The summed E-state index contributed by atoms with van der Waals surface area (Å²) in [6.07, 6.45) is 10.7. The van der Waals surface area contributed by atoms with E-state index >= 15 is 0 Å². The fraction of sp³-hybridized carbons (Fsp3) is 0.167. The van der Waals surface area contributed by atoms with E-state index in [2.05, 4.69) is 28.6 Å². The highest BCUT2D eigenvalue weighted by atomic mass is 14.7. The van der Waals surface area contributed by atoms with Crippen molar-refractivity contribution in [3.8, 4) is 0 Å². The van der Waals surface area contributed by atoms with Crippen molar-refractivity contribution in [2.45, 2.75) is 12.8 Å². The van der Waals surface area contributed by atoms with Crippen LogP contribution in [0.4, 0.5) is 0 Å². The van der Waals surface area contributed by atoms with Crippen molar-refractivity contribution in [1.82, 2.24) is 4.98 Å². The molecule has 0 aliphatic heterocycles. The first-order valence-electron chi connectivity index (χ1n) is 4.54. The van der Waals surface area contributed by atoms with Gasteiger partial charge in [0.15, 0.2) is 0 Å². The third-order valence-corrected chi connectivity index (χ3v) is 2.55. The molecule has 0 saturated carbocycles. The van der Waals surface area contributed by atoms with E-state index in [4.69, 9.17) is 0 Å². The molecule has 1 aromatic heterocycles. The van der Waals surface area contributed by atoms with Crippen LogP contribution < -0.4 is 0 Å². The Balaban J connectivity index is 2.32. The van der Waals surface area contributed by atoms with Gasteiger partial charge in [-0.05, 0) is 18.9 Å². The smallest absolute Gasteiger partial charge is 0.0553 e. The SMILES string of the molecule is C1=C=Cc2c([nH]c3c2C=CCC3)C=1. The molecule has 2 aliphatic rings. The number of aromatic nitrogens is 1. The molecule has 0 saturated heterocycles. The molecule has 0 radical (unpaired) electrons. The van der Waals surface area contributed by atoms with E-state index in [1.807, 2.05) is 12.2 Å². The van der Waals surface area contributed by atoms with Crippen LogP contribution in [0.25, 0.3) is 18.2 Å². The summed E-state index contributed by atoms with van der Waals surface area (Å²) >= 11 is 0. The van der Waals surface area contributed by atoms with Gasteiger partial charge in [-0.25, -0.2) is 0 Å². The Hall–Kier alpha value is -1.68. The van der Waals surface area contributed by atoms with Gasteiger partial charge in [0.1, 0.15) is 0 Å². The highest BCUT2D eigenvalue weighted by Gasteiger charge is 2.14. The third kappa shape index (κ3) is 0.891. The summed E-state index contributed by atoms with van der Waals surface area (Å²) in [5.74, 6) is 0. The van der Waals surface area contributed by atoms with Crippen LogP contribution in [0.1, 0.15) is 28.9 Å². The lowest BCUT2D eigenvalue weighted by atomic mass is 10.00. The topological polar surface area (TPSA) is 15.8 Å². The summed E-state index contributed by atoms with van der Waals surface area (Å²) in [4.78, 5) is 3.41. The normalized spacial score (nSPS) is 16.0. The molecule has 2 aliphatic carbocycles. The van der Waals surface area contributed by atoms with E-state index in [-0.39, 0.29) is 0 Å². The largest absolute Gasteiger partial charge is 0.357 e. The molecule has 13 heavy (non-hydrogen) atoms. The molecule has 0 unspecified atom stereocenters. The van der Waals surface area contributed by atoms with Gasteiger partial charge < -0.3 is 4.98 Å². The van der Waals surface area contributed by atoms with Gasteiger partial charge in [-0.3, -0.25) is 0 Å². The van der Waals surface area contributed by atoms with Crippen LogP contribution in [0.2, 0.25) is 0 Å². The average Bonchev–Trinajstić information content (AvgIpc) is 2.56. The molecule has 0 spiro atoms. The molecule has 1 nitrogen and oxygen atoms in total. The van der Waals surface area contributed by atoms with Gasteiger partial charge in [0, 0.05) is 22.9 Å². The van der Waals surface area contributed by atoms with Crippen molar-refractivity contribution in [2.75, 3.05) is 0 Å². The molecule has 0 aromatic carbocycles. The number of fused-ring (bicyclic) bond motifs is 3. The minimum Gasteiger partial charge on any atom is -0.357 e. The van der Waals surface area contributed by atoms with Crippen LogP contribution in [-0.2, 0) is 6.42 Å². The van der Waals surface area contributed by atoms with Gasteiger partial charge in [0.05, 0.1) is 5.69 Å². The molecule has 0 atom stereocenters. The minimum absolute atomic E-state index is 1.13. The fourth-order valence-electron chi connectivity index (χ4n) is 1.92. The van der Waals surface area contributed by atoms with Gasteiger partial charge in [-0.1, -0.05) is 23.6 Å². The van der Waals surface area contributed by atoms with Crippen molar-refractivity contribution in [3.05, 3.63) is 40.1 Å². The quantitative estimate of drug-likeness (QED) is 0.581. The lowest BCUT2D eigenvalue weighted by Gasteiger charge is -2.03. The van der Waals surface area contributed by atoms with Crippen molar-refractivity contribution < 1.29 is 0 Å². The molecule has 0 bridgehead atoms. The van der Waals surface area contributed by atoms with E-state index in [1.165, 1.54) is 22.5 Å². The van der Waals surface area contributed by atoms with Crippen LogP contribution in [-0.4, -0.2) is 4.98 Å². The van der Waals surface area contributed by atoms with Crippen LogP contribution in [0.15, 0.2) is 17.5 Å². The van der Waals surface area contributed by atoms with Crippen LogP contribution >= 0.6 is 0 Å². The van der Waals surface area contributed by atoms with Crippen LogP contribution in [0.3, 0.4) is 0 Å². The van der Waals surface area contributed by atoms with Crippen molar-refractivity contribution >= 4 is 18.2 Å².